The van der Waals surface area contributed by atoms with Crippen molar-refractivity contribution < 1.29 is 13.5 Å². The minimum Gasteiger partial charge on any atom is -0.391 e. The first-order valence-electron chi connectivity index (χ1n) is 5.41. The highest BCUT2D eigenvalue weighted by Crippen LogP contribution is 2.00. The summed E-state index contributed by atoms with van der Waals surface area (Å²) in [4.78, 5) is 4.03. The van der Waals surface area contributed by atoms with E-state index in [1.165, 1.54) is 6.33 Å². The van der Waals surface area contributed by atoms with Crippen molar-refractivity contribution in [3.63, 3.8) is 0 Å². The largest absolute Gasteiger partial charge is 0.391 e. The van der Waals surface area contributed by atoms with Gasteiger partial charge in [-0.2, -0.15) is 5.10 Å². The van der Waals surface area contributed by atoms with E-state index in [0.29, 0.717) is 25.2 Å². The molecule has 17 heavy (non-hydrogen) atoms. The fraction of sp³-hybridized carbons (Fsp3) is 0.778. The second-order valence-electron chi connectivity index (χ2n) is 3.84. The third-order valence-electron chi connectivity index (χ3n) is 2.26. The lowest BCUT2D eigenvalue weighted by Gasteiger charge is -2.10. The van der Waals surface area contributed by atoms with Crippen molar-refractivity contribution in [2.45, 2.75) is 32.4 Å². The van der Waals surface area contributed by atoms with Crippen LogP contribution < -0.4 is 4.72 Å². The Morgan fingerprint density at radius 1 is 1.59 bits per heavy atom. The predicted octanol–water partition coefficient (Wildman–Crippen LogP) is -0.859. The molecular formula is C9H18N4O3S. The van der Waals surface area contributed by atoms with Crippen LogP contribution in [0, 0.1) is 0 Å². The van der Waals surface area contributed by atoms with E-state index in [2.05, 4.69) is 14.8 Å². The molecule has 0 fully saturated rings. The number of rotatable bonds is 7. The van der Waals surface area contributed by atoms with E-state index in [1.807, 2.05) is 6.92 Å². The Kier molecular flexibility index (Phi) is 5.03. The maximum atomic E-state index is 10.9. The monoisotopic (exact) mass is 262 g/mol. The van der Waals surface area contributed by atoms with Crippen LogP contribution in [0.4, 0.5) is 0 Å². The van der Waals surface area contributed by atoms with Crippen molar-refractivity contribution in [3.05, 3.63) is 12.2 Å². The molecule has 0 saturated carbocycles. The molecule has 1 atom stereocenters. The van der Waals surface area contributed by atoms with Crippen LogP contribution in [0.2, 0.25) is 0 Å². The average Bonchev–Trinajstić information content (AvgIpc) is 2.64. The Labute approximate surface area is 101 Å². The molecular weight excluding hydrogens is 244 g/mol. The fourth-order valence-electron chi connectivity index (χ4n) is 1.31. The van der Waals surface area contributed by atoms with Crippen LogP contribution in [0.5, 0.6) is 0 Å². The minimum absolute atomic E-state index is 0.278. The molecule has 2 N–H and O–H groups in total. The third-order valence-corrected chi connectivity index (χ3v) is 2.99. The van der Waals surface area contributed by atoms with Gasteiger partial charge >= 0.3 is 0 Å². The Bertz CT molecular complexity index is 443. The summed E-state index contributed by atoms with van der Waals surface area (Å²) < 4.78 is 25.7. The predicted molar refractivity (Wildman–Crippen MR) is 62.9 cm³/mol. The van der Waals surface area contributed by atoms with Gasteiger partial charge in [-0.1, -0.05) is 6.92 Å². The number of sulfonamides is 1. The molecule has 1 aromatic heterocycles. The maximum Gasteiger partial charge on any atom is 0.208 e. The molecule has 0 aromatic carbocycles. The summed E-state index contributed by atoms with van der Waals surface area (Å²) in [6.45, 7) is 2.54. The quantitative estimate of drug-likeness (QED) is 0.666. The summed E-state index contributed by atoms with van der Waals surface area (Å²) in [7, 11) is -3.17. The number of hydrogen-bond acceptors (Lipinski definition) is 5. The number of aliphatic hydroxyl groups excluding tert-OH is 1. The van der Waals surface area contributed by atoms with E-state index in [9.17, 15) is 13.5 Å². The summed E-state index contributed by atoms with van der Waals surface area (Å²) >= 11 is 0. The number of nitrogens with one attached hydrogen (secondary N) is 1. The van der Waals surface area contributed by atoms with Crippen LogP contribution >= 0.6 is 0 Å². The Morgan fingerprint density at radius 2 is 2.29 bits per heavy atom. The van der Waals surface area contributed by atoms with Crippen LogP contribution in [0.1, 0.15) is 19.2 Å². The van der Waals surface area contributed by atoms with Crippen molar-refractivity contribution in [2.24, 2.45) is 0 Å². The van der Waals surface area contributed by atoms with Crippen LogP contribution in [0.3, 0.4) is 0 Å². The second-order valence-corrected chi connectivity index (χ2v) is 5.67. The number of aliphatic hydroxyl groups is 1. The van der Waals surface area contributed by atoms with Gasteiger partial charge in [-0.3, -0.25) is 0 Å². The average molecular weight is 262 g/mol. The normalized spacial score (nSPS) is 13.8. The molecule has 0 amide bonds. The zero-order valence-corrected chi connectivity index (χ0v) is 10.8. The Hall–Kier alpha value is -0.990. The highest BCUT2D eigenvalue weighted by atomic mass is 32.2. The maximum absolute atomic E-state index is 10.9. The van der Waals surface area contributed by atoms with Crippen molar-refractivity contribution in [1.29, 1.82) is 0 Å². The third kappa shape index (κ3) is 5.24. The van der Waals surface area contributed by atoms with Crippen LogP contribution in [-0.4, -0.2) is 47.2 Å². The van der Waals surface area contributed by atoms with Gasteiger partial charge in [0.15, 0.2) is 0 Å². The highest BCUT2D eigenvalue weighted by molar-refractivity contribution is 7.88. The van der Waals surface area contributed by atoms with Crippen LogP contribution in [0.15, 0.2) is 6.33 Å². The van der Waals surface area contributed by atoms with Crippen molar-refractivity contribution in [2.75, 3.05) is 12.8 Å². The molecule has 0 spiro atoms. The molecule has 0 bridgehead atoms. The van der Waals surface area contributed by atoms with Gasteiger partial charge in [0.2, 0.25) is 10.0 Å². The summed E-state index contributed by atoms with van der Waals surface area (Å²) in [5.74, 6) is 0.661. The molecule has 98 valence electrons. The van der Waals surface area contributed by atoms with E-state index in [0.717, 1.165) is 6.26 Å². The minimum atomic E-state index is -3.17. The van der Waals surface area contributed by atoms with E-state index in [-0.39, 0.29) is 6.54 Å². The summed E-state index contributed by atoms with van der Waals surface area (Å²) in [6, 6.07) is 0. The molecule has 0 saturated heterocycles. The lowest BCUT2D eigenvalue weighted by molar-refractivity contribution is 0.143. The van der Waals surface area contributed by atoms with E-state index in [1.54, 1.807) is 4.68 Å². The van der Waals surface area contributed by atoms with Gasteiger partial charge in [-0.15, -0.1) is 0 Å². The molecule has 0 aliphatic rings. The molecule has 7 nitrogen and oxygen atoms in total. The van der Waals surface area contributed by atoms with Gasteiger partial charge < -0.3 is 5.11 Å². The summed E-state index contributed by atoms with van der Waals surface area (Å²) in [6.07, 6.45) is 3.14. The SMILES string of the molecule is CC[C@H](O)Cn1ncnc1CCNS(C)(=O)=O. The van der Waals surface area contributed by atoms with E-state index in [4.69, 9.17) is 0 Å². The standard InChI is InChI=1S/C9H18N4O3S/c1-3-8(14)6-13-9(10-7-11-13)4-5-12-17(2,15)16/h7-8,12,14H,3-6H2,1-2H3/t8-/m0/s1. The Balaban J connectivity index is 2.51. The van der Waals surface area contributed by atoms with E-state index >= 15 is 0 Å². The zero-order valence-electron chi connectivity index (χ0n) is 10.00. The van der Waals surface area contributed by atoms with Crippen LogP contribution in [-0.2, 0) is 23.0 Å². The van der Waals surface area contributed by atoms with Gasteiger partial charge in [-0.05, 0) is 6.42 Å². The molecule has 0 radical (unpaired) electrons. The van der Waals surface area contributed by atoms with Crippen molar-refractivity contribution in [1.82, 2.24) is 19.5 Å². The highest BCUT2D eigenvalue weighted by Gasteiger charge is 2.09. The van der Waals surface area contributed by atoms with Crippen molar-refractivity contribution in [3.8, 4) is 0 Å². The van der Waals surface area contributed by atoms with Crippen LogP contribution in [0.25, 0.3) is 0 Å². The summed E-state index contributed by atoms with van der Waals surface area (Å²) in [5, 5.41) is 13.5. The first-order chi connectivity index (χ1) is 7.92. The van der Waals surface area contributed by atoms with Gasteiger partial charge in [0, 0.05) is 13.0 Å². The van der Waals surface area contributed by atoms with E-state index < -0.39 is 16.1 Å². The smallest absolute Gasteiger partial charge is 0.208 e. The van der Waals surface area contributed by atoms with Gasteiger partial charge in [0.05, 0.1) is 18.9 Å². The first-order valence-corrected chi connectivity index (χ1v) is 7.31. The molecule has 0 aliphatic carbocycles. The van der Waals surface area contributed by atoms with Crippen molar-refractivity contribution >= 4 is 10.0 Å². The molecule has 1 heterocycles. The first kappa shape index (κ1) is 14.1. The molecule has 0 aliphatic heterocycles. The summed E-state index contributed by atoms with van der Waals surface area (Å²) in [5.41, 5.74) is 0. The molecule has 0 unspecified atom stereocenters. The fourth-order valence-corrected chi connectivity index (χ4v) is 1.78. The molecule has 1 rings (SSSR count). The second kappa shape index (κ2) is 6.08. The zero-order chi connectivity index (χ0) is 12.9. The lowest BCUT2D eigenvalue weighted by atomic mass is 10.3. The van der Waals surface area contributed by atoms with Gasteiger partial charge in [0.25, 0.3) is 0 Å². The number of aromatic nitrogens is 3. The van der Waals surface area contributed by atoms with Gasteiger partial charge in [0.1, 0.15) is 12.2 Å². The van der Waals surface area contributed by atoms with Gasteiger partial charge in [-0.25, -0.2) is 22.8 Å². The molecule has 1 aromatic rings. The number of hydrogen-bond donors (Lipinski definition) is 2. The lowest BCUT2D eigenvalue weighted by Crippen LogP contribution is -2.26. The topological polar surface area (TPSA) is 97.1 Å². The number of nitrogens with zero attached hydrogens (tertiary/aromatic N) is 3. The molecule has 8 heteroatoms. The Morgan fingerprint density at radius 3 is 2.88 bits per heavy atom.